The number of amides is 1. The van der Waals surface area contributed by atoms with Crippen LogP contribution in [0.4, 0.5) is 10.3 Å². The summed E-state index contributed by atoms with van der Waals surface area (Å²) in [4.78, 5) is 22.2. The van der Waals surface area contributed by atoms with Crippen molar-refractivity contribution < 1.29 is 21.6 Å². The molecule has 0 radical (unpaired) electrons. The first-order chi connectivity index (χ1) is 24.9. The van der Waals surface area contributed by atoms with E-state index in [-0.39, 0.29) is 21.6 Å². The van der Waals surface area contributed by atoms with Crippen LogP contribution in [0.5, 0.6) is 0 Å². The van der Waals surface area contributed by atoms with Gasteiger partial charge in [-0.25, -0.2) is 26.8 Å². The van der Waals surface area contributed by atoms with Gasteiger partial charge in [0, 0.05) is 60.5 Å². The Morgan fingerprint density at radius 3 is 1.65 bits per heavy atom. The van der Waals surface area contributed by atoms with Gasteiger partial charge in [0.25, 0.3) is 0 Å². The Kier molecular flexibility index (Phi) is 15.4. The van der Waals surface area contributed by atoms with Gasteiger partial charge in [-0.15, -0.1) is 22.7 Å². The van der Waals surface area contributed by atoms with Crippen molar-refractivity contribution in [3.63, 3.8) is 0 Å². The van der Waals surface area contributed by atoms with E-state index in [1.54, 1.807) is 48.5 Å². The van der Waals surface area contributed by atoms with E-state index in [1.807, 2.05) is 45.4 Å². The summed E-state index contributed by atoms with van der Waals surface area (Å²) < 4.78 is 55.8. The number of hydrogen-bond acceptors (Lipinski definition) is 10. The van der Waals surface area contributed by atoms with E-state index in [1.165, 1.54) is 31.3 Å². The van der Waals surface area contributed by atoms with Crippen LogP contribution in [-0.2, 0) is 24.8 Å². The summed E-state index contributed by atoms with van der Waals surface area (Å²) >= 11 is 2.85. The quantitative estimate of drug-likeness (QED) is 0.0860. The molecule has 0 aliphatic heterocycles. The molecule has 2 N–H and O–H groups in total. The molecule has 2 heterocycles. The predicted molar refractivity (Wildman–Crippen MR) is 214 cm³/mol. The average molecular weight is 789 g/mol. The van der Waals surface area contributed by atoms with E-state index >= 15 is 0 Å². The average Bonchev–Trinajstić information content (AvgIpc) is 3.82. The van der Waals surface area contributed by atoms with Crippen LogP contribution in [0.2, 0.25) is 0 Å². The molecule has 11 nitrogen and oxygen atoms in total. The number of nitrogens with one attached hydrogen (secondary N) is 2. The van der Waals surface area contributed by atoms with Crippen molar-refractivity contribution in [2.45, 2.75) is 83.4 Å². The van der Waals surface area contributed by atoms with Gasteiger partial charge in [-0.1, -0.05) is 72.2 Å². The number of sulfonamides is 2. The second kappa shape index (κ2) is 19.2. The van der Waals surface area contributed by atoms with E-state index < -0.39 is 20.0 Å². The molecule has 0 aliphatic rings. The molecule has 52 heavy (non-hydrogen) atoms. The maximum Gasteiger partial charge on any atom is 0.243 e. The zero-order valence-electron chi connectivity index (χ0n) is 31.0. The number of carbonyl (C=O) groups is 1. The zero-order valence-corrected chi connectivity index (χ0v) is 34.2. The van der Waals surface area contributed by atoms with Crippen LogP contribution in [0.25, 0.3) is 22.5 Å². The van der Waals surface area contributed by atoms with Crippen LogP contribution in [-0.4, -0.2) is 74.0 Å². The van der Waals surface area contributed by atoms with Crippen molar-refractivity contribution in [3.8, 4) is 22.5 Å². The highest BCUT2D eigenvalue weighted by molar-refractivity contribution is 7.89. The molecule has 0 aliphatic carbocycles. The number of rotatable bonds is 21. The van der Waals surface area contributed by atoms with Crippen LogP contribution in [0.15, 0.2) is 69.1 Å². The molecule has 2 aromatic carbocycles. The molecular weight excluding hydrogens is 737 g/mol. The normalized spacial score (nSPS) is 12.9. The smallest absolute Gasteiger partial charge is 0.243 e. The number of nitrogens with zero attached hydrogens (tertiary/aromatic N) is 4. The summed E-state index contributed by atoms with van der Waals surface area (Å²) in [6.07, 6.45) is 4.06. The highest BCUT2D eigenvalue weighted by Gasteiger charge is 2.24. The zero-order chi connectivity index (χ0) is 37.9. The van der Waals surface area contributed by atoms with Crippen molar-refractivity contribution in [1.29, 1.82) is 0 Å². The first-order valence-corrected chi connectivity index (χ1v) is 22.7. The molecule has 0 saturated carbocycles. The lowest BCUT2D eigenvalue weighted by Gasteiger charge is -2.22. The van der Waals surface area contributed by atoms with Crippen LogP contribution in [0, 0.1) is 11.8 Å². The first-order valence-electron chi connectivity index (χ1n) is 18.1. The van der Waals surface area contributed by atoms with Crippen molar-refractivity contribution in [3.05, 3.63) is 59.3 Å². The minimum absolute atomic E-state index is 0.0330. The molecular formula is C37H52N6O5S4. The summed E-state index contributed by atoms with van der Waals surface area (Å²) in [6, 6.07) is 13.6. The fourth-order valence-electron chi connectivity index (χ4n) is 5.96. The maximum absolute atomic E-state index is 13.6. The molecule has 1 unspecified atom stereocenters. The van der Waals surface area contributed by atoms with Crippen molar-refractivity contribution in [1.82, 2.24) is 18.6 Å². The molecule has 0 spiro atoms. The van der Waals surface area contributed by atoms with Gasteiger partial charge in [-0.2, -0.15) is 8.61 Å². The Morgan fingerprint density at radius 1 is 0.692 bits per heavy atom. The van der Waals surface area contributed by atoms with E-state index in [0.29, 0.717) is 49.5 Å². The van der Waals surface area contributed by atoms with E-state index in [0.717, 1.165) is 54.1 Å². The topological polar surface area (TPSA) is 142 Å². The van der Waals surface area contributed by atoms with E-state index in [9.17, 15) is 21.6 Å². The van der Waals surface area contributed by atoms with E-state index in [2.05, 4.69) is 22.5 Å². The molecule has 15 heteroatoms. The number of benzene rings is 2. The Labute approximate surface area is 318 Å². The third-order valence-electron chi connectivity index (χ3n) is 9.37. The van der Waals surface area contributed by atoms with Crippen LogP contribution >= 0.6 is 22.7 Å². The molecule has 4 aromatic rings. The van der Waals surface area contributed by atoms with Crippen molar-refractivity contribution >= 4 is 58.9 Å². The van der Waals surface area contributed by atoms with Gasteiger partial charge in [0.2, 0.25) is 26.0 Å². The van der Waals surface area contributed by atoms with Gasteiger partial charge in [0.05, 0.1) is 21.2 Å². The Bertz CT molecular complexity index is 1940. The summed E-state index contributed by atoms with van der Waals surface area (Å²) in [5.74, 6) is 0.251. The van der Waals surface area contributed by atoms with Gasteiger partial charge >= 0.3 is 0 Å². The SMILES string of the molecule is CCC(CCCN(CC)S(=O)(=O)c1ccc(-c2csc(NC(=O)C(CC)CC)n2)cc1)CNc1nc(-c2ccc(S(=O)(=O)N(CC)CC)cc2)cs1. The number of thiazole rings is 2. The minimum Gasteiger partial charge on any atom is -0.361 e. The van der Waals surface area contributed by atoms with Gasteiger partial charge in [0.15, 0.2) is 10.3 Å². The molecule has 2 aromatic heterocycles. The van der Waals surface area contributed by atoms with Gasteiger partial charge in [-0.05, 0) is 55.9 Å². The second-order valence-electron chi connectivity index (χ2n) is 12.5. The Hall–Kier alpha value is -3.21. The van der Waals surface area contributed by atoms with Crippen LogP contribution in [0.3, 0.4) is 0 Å². The molecule has 0 bridgehead atoms. The molecule has 0 fully saturated rings. The maximum atomic E-state index is 13.6. The fraction of sp³-hybridized carbons (Fsp3) is 0.486. The third-order valence-corrected chi connectivity index (χ3v) is 15.0. The van der Waals surface area contributed by atoms with Gasteiger partial charge < -0.3 is 10.6 Å². The van der Waals surface area contributed by atoms with Gasteiger partial charge in [0.1, 0.15) is 0 Å². The molecule has 0 saturated heterocycles. The second-order valence-corrected chi connectivity index (χ2v) is 18.1. The predicted octanol–water partition coefficient (Wildman–Crippen LogP) is 8.27. The third kappa shape index (κ3) is 10.3. The minimum atomic E-state index is -3.68. The standard InChI is InChI=1S/C37H52N6O5S4/c1-7-27(24-38-36-39-33(25-49-36)29-15-19-31(20-16-29)51(45,46)42(10-4)11-5)14-13-23-43(12-6)52(47,48)32-21-17-30(18-22-32)34-26-50-37(40-34)41-35(44)28(8-2)9-3/h15-22,25-28H,7-14,23-24H2,1-6H3,(H,38,39)(H,40,41,44). The van der Waals surface area contributed by atoms with Crippen molar-refractivity contribution in [2.24, 2.45) is 11.8 Å². The van der Waals surface area contributed by atoms with Crippen LogP contribution in [0.1, 0.15) is 73.6 Å². The molecule has 284 valence electrons. The monoisotopic (exact) mass is 788 g/mol. The fourth-order valence-corrected chi connectivity index (χ4v) is 10.4. The summed E-state index contributed by atoms with van der Waals surface area (Å²) in [7, 11) is -7.19. The lowest BCUT2D eigenvalue weighted by molar-refractivity contribution is -0.120. The molecule has 4 rings (SSSR count). The summed E-state index contributed by atoms with van der Waals surface area (Å²) in [5, 5.41) is 11.5. The number of aromatic nitrogens is 2. The first kappa shape index (κ1) is 41.5. The highest BCUT2D eigenvalue weighted by Crippen LogP contribution is 2.29. The number of carbonyl (C=O) groups excluding carboxylic acids is 1. The number of anilines is 2. The van der Waals surface area contributed by atoms with Crippen LogP contribution < -0.4 is 10.6 Å². The number of hydrogen-bond donors (Lipinski definition) is 2. The van der Waals surface area contributed by atoms with E-state index in [4.69, 9.17) is 4.98 Å². The van der Waals surface area contributed by atoms with Gasteiger partial charge in [-0.3, -0.25) is 4.79 Å². The molecule has 1 atom stereocenters. The molecule has 1 amide bonds. The Morgan fingerprint density at radius 2 is 1.17 bits per heavy atom. The Balaban J connectivity index is 1.29. The largest absolute Gasteiger partial charge is 0.361 e. The lowest BCUT2D eigenvalue weighted by atomic mass is 10.0. The highest BCUT2D eigenvalue weighted by atomic mass is 32.2. The lowest BCUT2D eigenvalue weighted by Crippen LogP contribution is -2.32. The summed E-state index contributed by atoms with van der Waals surface area (Å²) in [5.41, 5.74) is 3.10. The van der Waals surface area contributed by atoms with Crippen molar-refractivity contribution in [2.75, 3.05) is 43.4 Å². The summed E-state index contributed by atoms with van der Waals surface area (Å²) in [6.45, 7) is 14.0.